The highest BCUT2D eigenvalue weighted by molar-refractivity contribution is 5.94. The Morgan fingerprint density at radius 1 is 1.18 bits per heavy atom. The van der Waals surface area contributed by atoms with E-state index < -0.39 is 0 Å². The number of hydrogen-bond donors (Lipinski definition) is 2. The van der Waals surface area contributed by atoms with Crippen LogP contribution in [-0.4, -0.2) is 25.1 Å². The zero-order chi connectivity index (χ0) is 15.9. The minimum atomic E-state index is -0.304. The van der Waals surface area contributed by atoms with Gasteiger partial charge in [0.1, 0.15) is 11.5 Å². The van der Waals surface area contributed by atoms with Gasteiger partial charge < -0.3 is 9.47 Å². The number of rotatable bonds is 6. The molecule has 1 heterocycles. The van der Waals surface area contributed by atoms with Crippen LogP contribution < -0.4 is 20.3 Å². The average Bonchev–Trinajstić information content (AvgIpc) is 2.59. The maximum Gasteiger partial charge on any atom is 0.271 e. The van der Waals surface area contributed by atoms with E-state index in [2.05, 4.69) is 22.4 Å². The Morgan fingerprint density at radius 3 is 2.64 bits per heavy atom. The molecule has 0 fully saturated rings. The van der Waals surface area contributed by atoms with E-state index in [1.54, 1.807) is 50.7 Å². The van der Waals surface area contributed by atoms with Gasteiger partial charge in [0.15, 0.2) is 0 Å². The van der Waals surface area contributed by atoms with Gasteiger partial charge in [0.2, 0.25) is 0 Å². The Balaban J connectivity index is 2.05. The van der Waals surface area contributed by atoms with Crippen molar-refractivity contribution in [2.45, 2.75) is 0 Å². The zero-order valence-electron chi connectivity index (χ0n) is 12.4. The summed E-state index contributed by atoms with van der Waals surface area (Å²) < 4.78 is 10.4. The standard InChI is InChI=1S/C16H17N3O3/c1-11(14-7-6-13(21-2)9-15(14)22-3)18-19-16(20)12-5-4-8-17-10-12/h4-10,18H,1H2,2-3H3,(H,19,20). The lowest BCUT2D eigenvalue weighted by Crippen LogP contribution is -2.35. The van der Waals surface area contributed by atoms with Gasteiger partial charge in [0.25, 0.3) is 5.91 Å². The SMILES string of the molecule is C=C(NNC(=O)c1cccnc1)c1ccc(OC)cc1OC. The summed E-state index contributed by atoms with van der Waals surface area (Å²) >= 11 is 0. The first-order valence-electron chi connectivity index (χ1n) is 6.53. The highest BCUT2D eigenvalue weighted by atomic mass is 16.5. The lowest BCUT2D eigenvalue weighted by atomic mass is 10.1. The molecule has 0 unspecified atom stereocenters. The van der Waals surface area contributed by atoms with E-state index in [4.69, 9.17) is 9.47 Å². The molecule has 0 radical (unpaired) electrons. The normalized spacial score (nSPS) is 9.73. The van der Waals surface area contributed by atoms with Gasteiger partial charge in [0.05, 0.1) is 25.5 Å². The lowest BCUT2D eigenvalue weighted by Gasteiger charge is -2.15. The molecule has 0 spiro atoms. The van der Waals surface area contributed by atoms with Crippen LogP contribution >= 0.6 is 0 Å². The maximum absolute atomic E-state index is 11.9. The van der Waals surface area contributed by atoms with Crippen molar-refractivity contribution in [1.82, 2.24) is 15.8 Å². The summed E-state index contributed by atoms with van der Waals surface area (Å²) in [6, 6.07) is 8.68. The molecule has 0 saturated carbocycles. The smallest absolute Gasteiger partial charge is 0.271 e. The number of nitrogens with one attached hydrogen (secondary N) is 2. The summed E-state index contributed by atoms with van der Waals surface area (Å²) in [7, 11) is 3.13. The number of ether oxygens (including phenoxy) is 2. The van der Waals surface area contributed by atoms with Crippen LogP contribution in [0.5, 0.6) is 11.5 Å². The van der Waals surface area contributed by atoms with Crippen LogP contribution in [0.4, 0.5) is 0 Å². The molecule has 0 bridgehead atoms. The Kier molecular flexibility index (Phi) is 4.98. The molecular formula is C16H17N3O3. The Bertz CT molecular complexity index is 672. The van der Waals surface area contributed by atoms with Crippen LogP contribution in [0.2, 0.25) is 0 Å². The van der Waals surface area contributed by atoms with Crippen LogP contribution in [0.1, 0.15) is 15.9 Å². The number of nitrogens with zero attached hydrogens (tertiary/aromatic N) is 1. The molecule has 1 aromatic heterocycles. The Hall–Kier alpha value is -3.02. The van der Waals surface area contributed by atoms with E-state index in [-0.39, 0.29) is 5.91 Å². The van der Waals surface area contributed by atoms with Crippen molar-refractivity contribution in [3.05, 3.63) is 60.4 Å². The van der Waals surface area contributed by atoms with Crippen molar-refractivity contribution in [2.24, 2.45) is 0 Å². The van der Waals surface area contributed by atoms with E-state index in [1.165, 1.54) is 6.20 Å². The van der Waals surface area contributed by atoms with Gasteiger partial charge in [-0.15, -0.1) is 0 Å². The fraction of sp³-hybridized carbons (Fsp3) is 0.125. The Labute approximate surface area is 128 Å². The molecule has 2 rings (SSSR count). The van der Waals surface area contributed by atoms with Crippen LogP contribution in [0, 0.1) is 0 Å². The summed E-state index contributed by atoms with van der Waals surface area (Å²) in [5.41, 5.74) is 6.99. The monoisotopic (exact) mass is 299 g/mol. The third-order valence-electron chi connectivity index (χ3n) is 2.98. The van der Waals surface area contributed by atoms with Crippen molar-refractivity contribution in [1.29, 1.82) is 0 Å². The van der Waals surface area contributed by atoms with Crippen molar-refractivity contribution < 1.29 is 14.3 Å². The van der Waals surface area contributed by atoms with E-state index in [1.807, 2.05) is 0 Å². The number of hydrogen-bond acceptors (Lipinski definition) is 5. The molecule has 0 aliphatic carbocycles. The van der Waals surface area contributed by atoms with Crippen molar-refractivity contribution in [3.63, 3.8) is 0 Å². The third kappa shape index (κ3) is 3.54. The van der Waals surface area contributed by atoms with Gasteiger partial charge in [-0.25, -0.2) is 0 Å². The molecule has 22 heavy (non-hydrogen) atoms. The molecule has 1 amide bonds. The lowest BCUT2D eigenvalue weighted by molar-refractivity contribution is 0.0942. The minimum absolute atomic E-state index is 0.304. The number of amides is 1. The molecule has 1 aromatic carbocycles. The zero-order valence-corrected chi connectivity index (χ0v) is 12.4. The topological polar surface area (TPSA) is 72.5 Å². The van der Waals surface area contributed by atoms with Gasteiger partial charge in [-0.05, 0) is 24.3 Å². The first-order chi connectivity index (χ1) is 10.7. The third-order valence-corrected chi connectivity index (χ3v) is 2.98. The van der Waals surface area contributed by atoms with Crippen molar-refractivity contribution in [3.8, 4) is 11.5 Å². The van der Waals surface area contributed by atoms with Crippen LogP contribution in [0.15, 0.2) is 49.3 Å². The molecule has 6 heteroatoms. The number of aromatic nitrogens is 1. The van der Waals surface area contributed by atoms with Crippen LogP contribution in [0.3, 0.4) is 0 Å². The fourth-order valence-corrected chi connectivity index (χ4v) is 1.82. The first-order valence-corrected chi connectivity index (χ1v) is 6.53. The number of carbonyl (C=O) groups excluding carboxylic acids is 1. The summed E-state index contributed by atoms with van der Waals surface area (Å²) in [4.78, 5) is 15.8. The van der Waals surface area contributed by atoms with Gasteiger partial charge in [-0.3, -0.25) is 20.6 Å². The molecular weight excluding hydrogens is 282 g/mol. The van der Waals surface area contributed by atoms with Gasteiger partial charge in [-0.1, -0.05) is 6.58 Å². The van der Waals surface area contributed by atoms with Gasteiger partial charge in [-0.2, -0.15) is 0 Å². The van der Waals surface area contributed by atoms with E-state index in [0.717, 1.165) is 5.56 Å². The number of methoxy groups -OCH3 is 2. The second kappa shape index (κ2) is 7.12. The molecule has 6 nitrogen and oxygen atoms in total. The quantitative estimate of drug-likeness (QED) is 0.798. The second-order valence-electron chi connectivity index (χ2n) is 4.37. The van der Waals surface area contributed by atoms with E-state index in [0.29, 0.717) is 22.8 Å². The second-order valence-corrected chi connectivity index (χ2v) is 4.37. The largest absolute Gasteiger partial charge is 0.497 e. The minimum Gasteiger partial charge on any atom is -0.497 e. The summed E-state index contributed by atoms with van der Waals surface area (Å²) in [6.07, 6.45) is 3.08. The predicted molar refractivity (Wildman–Crippen MR) is 83.4 cm³/mol. The number of pyridine rings is 1. The fourth-order valence-electron chi connectivity index (χ4n) is 1.82. The van der Waals surface area contributed by atoms with Crippen LogP contribution in [-0.2, 0) is 0 Å². The molecule has 0 aliphatic heterocycles. The van der Waals surface area contributed by atoms with Crippen molar-refractivity contribution in [2.75, 3.05) is 14.2 Å². The number of hydrazine groups is 1. The molecule has 114 valence electrons. The molecule has 2 N–H and O–H groups in total. The van der Waals surface area contributed by atoms with E-state index >= 15 is 0 Å². The highest BCUT2D eigenvalue weighted by Crippen LogP contribution is 2.27. The summed E-state index contributed by atoms with van der Waals surface area (Å²) in [5.74, 6) is 0.960. The first kappa shape index (κ1) is 15.4. The van der Waals surface area contributed by atoms with Gasteiger partial charge >= 0.3 is 0 Å². The molecule has 0 saturated heterocycles. The Morgan fingerprint density at radius 2 is 2.00 bits per heavy atom. The highest BCUT2D eigenvalue weighted by Gasteiger charge is 2.10. The molecule has 0 atom stereocenters. The molecule has 0 aliphatic rings. The van der Waals surface area contributed by atoms with Gasteiger partial charge in [0, 0.05) is 24.0 Å². The average molecular weight is 299 g/mol. The predicted octanol–water partition coefficient (Wildman–Crippen LogP) is 2.00. The molecule has 2 aromatic rings. The number of carbonyl (C=O) groups is 1. The summed E-state index contributed by atoms with van der Waals surface area (Å²) in [5, 5.41) is 0. The van der Waals surface area contributed by atoms with Crippen LogP contribution in [0.25, 0.3) is 5.70 Å². The van der Waals surface area contributed by atoms with Crippen molar-refractivity contribution >= 4 is 11.6 Å². The summed E-state index contributed by atoms with van der Waals surface area (Å²) in [6.45, 7) is 3.89. The number of benzene rings is 1. The van der Waals surface area contributed by atoms with E-state index in [9.17, 15) is 4.79 Å². The maximum atomic E-state index is 11.9.